The smallest absolute Gasteiger partial charge is 0.462 e. The highest BCUT2D eigenvalue weighted by atomic mass is 31.2. The van der Waals surface area contributed by atoms with Crippen LogP contribution in [0.15, 0.2) is 0 Å². The van der Waals surface area contributed by atoms with E-state index in [9.17, 15) is 43.2 Å². The molecule has 0 aromatic carbocycles. The molecule has 0 rings (SSSR count). The zero-order valence-electron chi connectivity index (χ0n) is 68.2. The first-order chi connectivity index (χ1) is 50.5. The monoisotopic (exact) mass is 1520 g/mol. The van der Waals surface area contributed by atoms with Crippen molar-refractivity contribution < 1.29 is 80.2 Å². The van der Waals surface area contributed by atoms with Crippen LogP contribution in [0.4, 0.5) is 0 Å². The highest BCUT2D eigenvalue weighted by Gasteiger charge is 2.30. The van der Waals surface area contributed by atoms with Crippen molar-refractivity contribution in [3.05, 3.63) is 0 Å². The third-order valence-corrected chi connectivity index (χ3v) is 21.9. The number of aliphatic hydroxyl groups excluding tert-OH is 1. The standard InChI is InChI=1S/C85H166O17P2/c1-6-9-12-15-18-21-24-27-30-32-34-36-38-40-43-46-49-56-61-66-71-85(90)101-80(74-95-82(87)68-63-58-53-47-44-42-39-37-35-33-31-28-25-22-19-16-13-10-7-2)76-99-103(91,92)97-72-79(86)73-98-104(93,94)100-77-81(75-96-83(88)69-64-59-54-51-50-52-57-62-67-78(4)5)102-84(89)70-65-60-55-48-45-41-29-26-23-20-17-14-11-8-3/h78-81,86H,6-77H2,1-5H3,(H,91,92)(H,93,94)/t79-,80-,81-/m1/s1. The van der Waals surface area contributed by atoms with E-state index in [2.05, 4.69) is 34.6 Å². The van der Waals surface area contributed by atoms with Crippen molar-refractivity contribution in [1.82, 2.24) is 0 Å². The Kier molecular flexibility index (Phi) is 76.3. The molecule has 0 saturated carbocycles. The first-order valence-corrected chi connectivity index (χ1v) is 47.1. The molecule has 17 nitrogen and oxygen atoms in total. The summed E-state index contributed by atoms with van der Waals surface area (Å²) in [4.78, 5) is 73.2. The maximum absolute atomic E-state index is 13.1. The number of esters is 4. The number of hydrogen-bond donors (Lipinski definition) is 3. The summed E-state index contributed by atoms with van der Waals surface area (Å²) in [5.74, 6) is -1.37. The summed E-state index contributed by atoms with van der Waals surface area (Å²) in [5.41, 5.74) is 0. The molecule has 5 atom stereocenters. The van der Waals surface area contributed by atoms with Crippen molar-refractivity contribution >= 4 is 39.5 Å². The minimum atomic E-state index is -4.96. The van der Waals surface area contributed by atoms with Gasteiger partial charge in [0.25, 0.3) is 0 Å². The highest BCUT2D eigenvalue weighted by Crippen LogP contribution is 2.45. The number of phosphoric acid groups is 2. The molecule has 0 aromatic rings. The number of unbranched alkanes of at least 4 members (excludes halogenated alkanes) is 57. The summed E-state index contributed by atoms with van der Waals surface area (Å²) in [7, 11) is -9.92. The van der Waals surface area contributed by atoms with E-state index in [-0.39, 0.29) is 25.7 Å². The number of carbonyl (C=O) groups is 4. The van der Waals surface area contributed by atoms with Crippen LogP contribution in [0.2, 0.25) is 0 Å². The van der Waals surface area contributed by atoms with E-state index in [1.165, 1.54) is 283 Å². The van der Waals surface area contributed by atoms with Gasteiger partial charge >= 0.3 is 39.5 Å². The fourth-order valence-electron chi connectivity index (χ4n) is 13.3. The number of rotatable bonds is 85. The molecule has 0 aromatic heterocycles. The third kappa shape index (κ3) is 78.2. The third-order valence-electron chi connectivity index (χ3n) is 20.0. The van der Waals surface area contributed by atoms with Gasteiger partial charge in [-0.2, -0.15) is 0 Å². The molecule has 0 radical (unpaired) electrons. The van der Waals surface area contributed by atoms with Gasteiger partial charge in [0.2, 0.25) is 0 Å². The minimum Gasteiger partial charge on any atom is -0.462 e. The van der Waals surface area contributed by atoms with E-state index >= 15 is 0 Å². The second kappa shape index (κ2) is 77.8. The second-order valence-electron chi connectivity index (χ2n) is 31.1. The first kappa shape index (κ1) is 102. The topological polar surface area (TPSA) is 237 Å². The van der Waals surface area contributed by atoms with Gasteiger partial charge in [-0.05, 0) is 31.6 Å². The Labute approximate surface area is 638 Å². The van der Waals surface area contributed by atoms with Gasteiger partial charge < -0.3 is 33.8 Å². The molecule has 0 heterocycles. The van der Waals surface area contributed by atoms with Gasteiger partial charge in [-0.1, -0.05) is 407 Å². The average Bonchev–Trinajstić information content (AvgIpc) is 0.914. The van der Waals surface area contributed by atoms with E-state index in [1.54, 1.807) is 0 Å². The van der Waals surface area contributed by atoms with Crippen molar-refractivity contribution in [3.8, 4) is 0 Å². The predicted octanol–water partition coefficient (Wildman–Crippen LogP) is 26.0. The number of phosphoric ester groups is 2. The Morgan fingerprint density at radius 1 is 0.260 bits per heavy atom. The summed E-state index contributed by atoms with van der Waals surface area (Å²) >= 11 is 0. The van der Waals surface area contributed by atoms with Gasteiger partial charge in [0.05, 0.1) is 26.4 Å². The number of ether oxygens (including phenoxy) is 4. The lowest BCUT2D eigenvalue weighted by atomic mass is 10.0. The van der Waals surface area contributed by atoms with E-state index in [0.717, 1.165) is 95.8 Å². The van der Waals surface area contributed by atoms with Crippen molar-refractivity contribution in [2.75, 3.05) is 39.6 Å². The van der Waals surface area contributed by atoms with Crippen LogP contribution in [-0.4, -0.2) is 96.7 Å². The summed E-state index contributed by atoms with van der Waals surface area (Å²) in [5, 5.41) is 10.7. The maximum atomic E-state index is 13.1. The van der Waals surface area contributed by atoms with Crippen LogP contribution in [0.25, 0.3) is 0 Å². The highest BCUT2D eigenvalue weighted by molar-refractivity contribution is 7.47. The molecule has 104 heavy (non-hydrogen) atoms. The first-order valence-electron chi connectivity index (χ1n) is 44.1. The largest absolute Gasteiger partial charge is 0.472 e. The molecule has 0 aliphatic heterocycles. The van der Waals surface area contributed by atoms with Gasteiger partial charge in [0.15, 0.2) is 12.2 Å². The van der Waals surface area contributed by atoms with E-state index in [4.69, 9.17) is 37.0 Å². The minimum absolute atomic E-state index is 0.108. The Hall–Kier alpha value is -1.94. The lowest BCUT2D eigenvalue weighted by Gasteiger charge is -2.21. The summed E-state index contributed by atoms with van der Waals surface area (Å²) in [6.45, 7) is 7.32. The van der Waals surface area contributed by atoms with Gasteiger partial charge in [-0.25, -0.2) is 9.13 Å². The van der Waals surface area contributed by atoms with Crippen LogP contribution in [0, 0.1) is 5.92 Å². The predicted molar refractivity (Wildman–Crippen MR) is 428 cm³/mol. The molecule has 3 N–H and O–H groups in total. The van der Waals surface area contributed by atoms with Gasteiger partial charge in [-0.3, -0.25) is 37.3 Å². The molecule has 618 valence electrons. The molecule has 0 aliphatic carbocycles. The van der Waals surface area contributed by atoms with Gasteiger partial charge in [0.1, 0.15) is 19.3 Å². The molecule has 2 unspecified atom stereocenters. The SMILES string of the molecule is CCCCCCCCCCCCCCCCCCCCCCC(=O)O[C@H](COC(=O)CCCCCCCCCCCCCCCCCCCCC)COP(=O)(O)OC[C@@H](O)COP(=O)(O)OC[C@@H](COC(=O)CCCCCCCCCCC(C)C)OC(=O)CCCCCCCCCCCCCCCC. The van der Waals surface area contributed by atoms with Crippen molar-refractivity contribution in [2.45, 2.75) is 477 Å². The van der Waals surface area contributed by atoms with Crippen LogP contribution in [0.5, 0.6) is 0 Å². The van der Waals surface area contributed by atoms with Crippen LogP contribution in [0.1, 0.15) is 458 Å². The van der Waals surface area contributed by atoms with E-state index in [0.29, 0.717) is 25.7 Å². The fraction of sp³-hybridized carbons (Fsp3) is 0.953. The molecular weight excluding hydrogens is 1350 g/mol. The summed E-state index contributed by atoms with van der Waals surface area (Å²) < 4.78 is 68.9. The van der Waals surface area contributed by atoms with Crippen molar-refractivity contribution in [1.29, 1.82) is 0 Å². The van der Waals surface area contributed by atoms with Crippen LogP contribution < -0.4 is 0 Å². The molecular formula is C85H166O17P2. The number of aliphatic hydroxyl groups is 1. The molecule has 0 saturated heterocycles. The Morgan fingerprint density at radius 2 is 0.442 bits per heavy atom. The fourth-order valence-corrected chi connectivity index (χ4v) is 14.9. The van der Waals surface area contributed by atoms with E-state index in [1.807, 2.05) is 0 Å². The van der Waals surface area contributed by atoms with E-state index < -0.39 is 97.5 Å². The maximum Gasteiger partial charge on any atom is 0.472 e. The molecule has 0 spiro atoms. The van der Waals surface area contributed by atoms with Crippen LogP contribution >= 0.6 is 15.6 Å². The molecule has 0 bridgehead atoms. The quantitative estimate of drug-likeness (QED) is 0.0222. The van der Waals surface area contributed by atoms with Crippen LogP contribution in [-0.2, 0) is 65.4 Å². The van der Waals surface area contributed by atoms with Crippen LogP contribution in [0.3, 0.4) is 0 Å². The lowest BCUT2D eigenvalue weighted by molar-refractivity contribution is -0.161. The normalized spacial score (nSPS) is 13.8. The summed E-state index contributed by atoms with van der Waals surface area (Å²) in [6.07, 6.45) is 70.9. The van der Waals surface area contributed by atoms with Crippen molar-refractivity contribution in [2.24, 2.45) is 5.92 Å². The molecule has 0 amide bonds. The zero-order chi connectivity index (χ0) is 76.2. The Balaban J connectivity index is 5.23. The Morgan fingerprint density at radius 3 is 0.654 bits per heavy atom. The molecule has 19 heteroatoms. The van der Waals surface area contributed by atoms with Gasteiger partial charge in [-0.15, -0.1) is 0 Å². The van der Waals surface area contributed by atoms with Crippen molar-refractivity contribution in [3.63, 3.8) is 0 Å². The zero-order valence-corrected chi connectivity index (χ0v) is 70.0. The summed E-state index contributed by atoms with van der Waals surface area (Å²) in [6, 6.07) is 0. The molecule has 0 aliphatic rings. The van der Waals surface area contributed by atoms with Gasteiger partial charge in [0, 0.05) is 25.7 Å². The molecule has 0 fully saturated rings. The Bertz CT molecular complexity index is 1980. The number of carbonyl (C=O) groups excluding carboxylic acids is 4. The second-order valence-corrected chi connectivity index (χ2v) is 34.0. The average molecular weight is 1520 g/mol. The number of hydrogen-bond acceptors (Lipinski definition) is 15. The lowest BCUT2D eigenvalue weighted by Crippen LogP contribution is -2.30.